The molecule has 1 amide bonds. The highest BCUT2D eigenvalue weighted by atomic mass is 32.1. The van der Waals surface area contributed by atoms with E-state index in [-0.39, 0.29) is 11.9 Å². The summed E-state index contributed by atoms with van der Waals surface area (Å²) in [7, 11) is 0. The van der Waals surface area contributed by atoms with Gasteiger partial charge < -0.3 is 10.2 Å². The van der Waals surface area contributed by atoms with E-state index in [1.807, 2.05) is 13.8 Å². The summed E-state index contributed by atoms with van der Waals surface area (Å²) in [5.41, 5.74) is 0. The monoisotopic (exact) mass is 297 g/mol. The summed E-state index contributed by atoms with van der Waals surface area (Å²) >= 11 is 1.47. The number of carbonyl (C=O) groups excluding carboxylic acids is 1. The summed E-state index contributed by atoms with van der Waals surface area (Å²) in [6, 6.07) is 0.206. The molecule has 1 aliphatic heterocycles. The van der Waals surface area contributed by atoms with Crippen LogP contribution in [0.3, 0.4) is 0 Å². The van der Waals surface area contributed by atoms with E-state index in [9.17, 15) is 4.79 Å². The molecule has 1 aromatic rings. The number of piperazine rings is 1. The molecule has 0 aromatic carbocycles. The number of hydrogen-bond donors (Lipinski definition) is 1. The van der Waals surface area contributed by atoms with Crippen LogP contribution in [-0.4, -0.2) is 58.9 Å². The molecule has 1 aromatic heterocycles. The molecule has 1 aliphatic rings. The van der Waals surface area contributed by atoms with Gasteiger partial charge in [-0.3, -0.25) is 9.69 Å². The van der Waals surface area contributed by atoms with E-state index in [0.717, 1.165) is 43.6 Å². The minimum Gasteiger partial charge on any atom is -0.353 e. The summed E-state index contributed by atoms with van der Waals surface area (Å²) in [6.45, 7) is 10.1. The maximum atomic E-state index is 11.7. The van der Waals surface area contributed by atoms with Crippen LogP contribution < -0.4 is 10.2 Å². The lowest BCUT2D eigenvalue weighted by molar-refractivity contribution is -0.122. The van der Waals surface area contributed by atoms with Crippen molar-refractivity contribution in [2.24, 2.45) is 0 Å². The van der Waals surface area contributed by atoms with Crippen LogP contribution in [0.25, 0.3) is 0 Å². The summed E-state index contributed by atoms with van der Waals surface area (Å²) in [6.07, 6.45) is 0.881. The fourth-order valence-corrected chi connectivity index (χ4v) is 2.99. The molecule has 0 bridgehead atoms. The van der Waals surface area contributed by atoms with Crippen LogP contribution in [0.5, 0.6) is 0 Å². The van der Waals surface area contributed by atoms with Crippen molar-refractivity contribution in [2.45, 2.75) is 33.2 Å². The molecule has 1 fully saturated rings. The van der Waals surface area contributed by atoms with Gasteiger partial charge in [0.25, 0.3) is 0 Å². The van der Waals surface area contributed by atoms with Crippen LogP contribution in [0, 0.1) is 0 Å². The van der Waals surface area contributed by atoms with Gasteiger partial charge in [-0.25, -0.2) is 4.98 Å². The predicted molar refractivity (Wildman–Crippen MR) is 81.2 cm³/mol. The Morgan fingerprint density at radius 2 is 2.05 bits per heavy atom. The third kappa shape index (κ3) is 4.14. The zero-order chi connectivity index (χ0) is 14.5. The lowest BCUT2D eigenvalue weighted by atomic mass is 10.3. The zero-order valence-corrected chi connectivity index (χ0v) is 13.2. The zero-order valence-electron chi connectivity index (χ0n) is 12.4. The van der Waals surface area contributed by atoms with Gasteiger partial charge in [0.1, 0.15) is 5.82 Å². The van der Waals surface area contributed by atoms with E-state index < -0.39 is 0 Å². The topological polar surface area (TPSA) is 61.4 Å². The standard InChI is InChI=1S/C13H23N5OS/c1-4-11-15-13(20-16-11)18-7-5-17(6-8-18)9-12(19)14-10(2)3/h10H,4-9H2,1-3H3,(H,14,19). The molecule has 2 rings (SSSR count). The Bertz CT molecular complexity index is 440. The number of nitrogens with zero attached hydrogens (tertiary/aromatic N) is 4. The van der Waals surface area contributed by atoms with Crippen molar-refractivity contribution in [1.29, 1.82) is 0 Å². The molecule has 1 N–H and O–H groups in total. The Morgan fingerprint density at radius 1 is 1.35 bits per heavy atom. The molecule has 6 nitrogen and oxygen atoms in total. The summed E-state index contributed by atoms with van der Waals surface area (Å²) < 4.78 is 4.32. The maximum Gasteiger partial charge on any atom is 0.234 e. The van der Waals surface area contributed by atoms with Crippen LogP contribution in [0.4, 0.5) is 5.13 Å². The molecule has 20 heavy (non-hydrogen) atoms. The Kier molecular flexibility index (Phi) is 5.31. The Morgan fingerprint density at radius 3 is 2.60 bits per heavy atom. The summed E-state index contributed by atoms with van der Waals surface area (Å²) in [5, 5.41) is 3.94. The first-order chi connectivity index (χ1) is 9.58. The van der Waals surface area contributed by atoms with Gasteiger partial charge in [-0.15, -0.1) is 0 Å². The van der Waals surface area contributed by atoms with Crippen LogP contribution >= 0.6 is 11.5 Å². The Labute approximate surface area is 124 Å². The van der Waals surface area contributed by atoms with Crippen LogP contribution in [0.2, 0.25) is 0 Å². The van der Waals surface area contributed by atoms with Gasteiger partial charge in [0, 0.05) is 50.2 Å². The highest BCUT2D eigenvalue weighted by Crippen LogP contribution is 2.19. The number of rotatable bonds is 5. The van der Waals surface area contributed by atoms with Crippen molar-refractivity contribution in [1.82, 2.24) is 19.6 Å². The first kappa shape index (κ1) is 15.2. The van der Waals surface area contributed by atoms with Crippen molar-refractivity contribution < 1.29 is 4.79 Å². The lowest BCUT2D eigenvalue weighted by Gasteiger charge is -2.33. The van der Waals surface area contributed by atoms with Gasteiger partial charge in [-0.05, 0) is 13.8 Å². The average molecular weight is 297 g/mol. The molecule has 7 heteroatoms. The molecule has 0 unspecified atom stereocenters. The number of carbonyl (C=O) groups is 1. The largest absolute Gasteiger partial charge is 0.353 e. The van der Waals surface area contributed by atoms with Crippen molar-refractivity contribution in [3.8, 4) is 0 Å². The normalized spacial score (nSPS) is 16.7. The molecule has 1 saturated heterocycles. The van der Waals surface area contributed by atoms with Gasteiger partial charge in [0.15, 0.2) is 0 Å². The third-order valence-corrected chi connectivity index (χ3v) is 4.05. The Balaban J connectivity index is 1.78. The number of aryl methyl sites for hydroxylation is 1. The van der Waals surface area contributed by atoms with Gasteiger partial charge in [-0.1, -0.05) is 6.92 Å². The molecule has 112 valence electrons. The van der Waals surface area contributed by atoms with Crippen molar-refractivity contribution in [2.75, 3.05) is 37.6 Å². The molecule has 0 spiro atoms. The number of aromatic nitrogens is 2. The molecule has 0 radical (unpaired) electrons. The second-order valence-electron chi connectivity index (χ2n) is 5.33. The van der Waals surface area contributed by atoms with Gasteiger partial charge in [-0.2, -0.15) is 4.37 Å². The highest BCUT2D eigenvalue weighted by Gasteiger charge is 2.21. The van der Waals surface area contributed by atoms with Gasteiger partial charge in [0.2, 0.25) is 11.0 Å². The Hall–Kier alpha value is -1.21. The fourth-order valence-electron chi connectivity index (χ4n) is 2.18. The maximum absolute atomic E-state index is 11.7. The smallest absolute Gasteiger partial charge is 0.234 e. The van der Waals surface area contributed by atoms with Crippen molar-refractivity contribution in [3.05, 3.63) is 5.82 Å². The number of nitrogens with one attached hydrogen (secondary N) is 1. The van der Waals surface area contributed by atoms with E-state index >= 15 is 0 Å². The van der Waals surface area contributed by atoms with Crippen LogP contribution in [0.1, 0.15) is 26.6 Å². The van der Waals surface area contributed by atoms with E-state index in [1.165, 1.54) is 11.5 Å². The molecule has 0 saturated carbocycles. The first-order valence-electron chi connectivity index (χ1n) is 7.17. The van der Waals surface area contributed by atoms with Crippen molar-refractivity contribution >= 4 is 22.6 Å². The van der Waals surface area contributed by atoms with E-state index in [1.54, 1.807) is 0 Å². The minimum absolute atomic E-state index is 0.109. The quantitative estimate of drug-likeness (QED) is 0.869. The molecular weight excluding hydrogens is 274 g/mol. The second kappa shape index (κ2) is 6.99. The fraction of sp³-hybridized carbons (Fsp3) is 0.769. The number of amides is 1. The van der Waals surface area contributed by atoms with E-state index in [2.05, 4.69) is 31.4 Å². The lowest BCUT2D eigenvalue weighted by Crippen LogP contribution is -2.50. The molecule has 2 heterocycles. The SMILES string of the molecule is CCc1nsc(N2CCN(CC(=O)NC(C)C)CC2)n1. The summed E-state index contributed by atoms with van der Waals surface area (Å²) in [5.74, 6) is 1.03. The van der Waals surface area contributed by atoms with Crippen LogP contribution in [0.15, 0.2) is 0 Å². The van der Waals surface area contributed by atoms with Crippen LogP contribution in [-0.2, 0) is 11.2 Å². The first-order valence-corrected chi connectivity index (χ1v) is 7.95. The summed E-state index contributed by atoms with van der Waals surface area (Å²) in [4.78, 5) is 20.7. The van der Waals surface area contributed by atoms with E-state index in [4.69, 9.17) is 0 Å². The second-order valence-corrected chi connectivity index (χ2v) is 6.06. The predicted octanol–water partition coefficient (Wildman–Crippen LogP) is 0.747. The highest BCUT2D eigenvalue weighted by molar-refractivity contribution is 7.09. The number of anilines is 1. The molecular formula is C13H23N5OS. The molecule has 0 aliphatic carbocycles. The van der Waals surface area contributed by atoms with Gasteiger partial charge in [0.05, 0.1) is 6.54 Å². The van der Waals surface area contributed by atoms with Gasteiger partial charge >= 0.3 is 0 Å². The average Bonchev–Trinajstić information content (AvgIpc) is 2.87. The third-order valence-electron chi connectivity index (χ3n) is 3.23. The minimum atomic E-state index is 0.109. The molecule has 0 atom stereocenters. The van der Waals surface area contributed by atoms with Crippen molar-refractivity contribution in [3.63, 3.8) is 0 Å². The number of hydrogen-bond acceptors (Lipinski definition) is 6. The van der Waals surface area contributed by atoms with E-state index in [0.29, 0.717) is 6.54 Å².